The van der Waals surface area contributed by atoms with E-state index in [0.717, 1.165) is 18.4 Å². The zero-order valence-electron chi connectivity index (χ0n) is 16.4. The zero-order valence-corrected chi connectivity index (χ0v) is 16.4. The van der Waals surface area contributed by atoms with Crippen LogP contribution in [-0.4, -0.2) is 28.2 Å². The zero-order chi connectivity index (χ0) is 20.6. The lowest BCUT2D eigenvalue weighted by Crippen LogP contribution is -2.41. The molecule has 0 aliphatic carbocycles. The van der Waals surface area contributed by atoms with E-state index < -0.39 is 0 Å². The third-order valence-corrected chi connectivity index (χ3v) is 5.58. The quantitative estimate of drug-likeness (QED) is 0.495. The van der Waals surface area contributed by atoms with Gasteiger partial charge in [-0.05, 0) is 25.0 Å². The van der Waals surface area contributed by atoms with Crippen LogP contribution < -0.4 is 4.90 Å². The van der Waals surface area contributed by atoms with Crippen molar-refractivity contribution < 1.29 is 13.4 Å². The lowest BCUT2D eigenvalue weighted by atomic mass is 9.80. The Labute approximate surface area is 172 Å². The van der Waals surface area contributed by atoms with E-state index in [2.05, 4.69) is 28.1 Å². The van der Waals surface area contributed by atoms with Gasteiger partial charge in [-0.2, -0.15) is 15.2 Å². The Kier molecular flexibility index (Phi) is 4.36. The Balaban J connectivity index is 1.34. The fourth-order valence-electron chi connectivity index (χ4n) is 3.70. The minimum atomic E-state index is -0.243. The molecule has 5 rings (SSSR count). The van der Waals surface area contributed by atoms with Gasteiger partial charge < -0.3 is 18.3 Å². The third kappa shape index (κ3) is 3.14. The Morgan fingerprint density at radius 3 is 2.57 bits per heavy atom. The van der Waals surface area contributed by atoms with Crippen molar-refractivity contribution in [2.24, 2.45) is 0 Å². The number of piperidine rings is 1. The monoisotopic (exact) mass is 401 g/mol. The van der Waals surface area contributed by atoms with Gasteiger partial charge in [0, 0.05) is 18.7 Å². The van der Waals surface area contributed by atoms with Crippen LogP contribution in [0.15, 0.2) is 62.1 Å². The second-order valence-corrected chi connectivity index (χ2v) is 7.60. The number of hydrogen-bond donors (Lipinski definition) is 0. The Bertz CT molecular complexity index is 1180. The summed E-state index contributed by atoms with van der Waals surface area (Å²) >= 11 is 0. The average Bonchev–Trinajstić information content (AvgIpc) is 3.55. The van der Waals surface area contributed by atoms with E-state index in [-0.39, 0.29) is 11.1 Å². The van der Waals surface area contributed by atoms with Gasteiger partial charge in [-0.25, -0.2) is 0 Å². The first-order valence-corrected chi connectivity index (χ1v) is 9.76. The van der Waals surface area contributed by atoms with E-state index in [1.165, 1.54) is 0 Å². The maximum Gasteiger partial charge on any atom is 0.266 e. The molecule has 1 fully saturated rings. The number of benzene rings is 1. The van der Waals surface area contributed by atoms with Crippen LogP contribution in [0.5, 0.6) is 0 Å². The smallest absolute Gasteiger partial charge is 0.266 e. The molecule has 1 aromatic carbocycles. The molecule has 1 saturated heterocycles. The topological polar surface area (TPSA) is 105 Å². The number of rotatable bonds is 4. The molecule has 150 valence electrons. The molecule has 0 atom stereocenters. The average molecular weight is 401 g/mol. The number of aromatic nitrogens is 3. The highest BCUT2D eigenvalue weighted by atomic mass is 16.5. The van der Waals surface area contributed by atoms with Gasteiger partial charge in [-0.15, -0.1) is 0 Å². The van der Waals surface area contributed by atoms with Gasteiger partial charge in [0.1, 0.15) is 6.07 Å². The summed E-state index contributed by atoms with van der Waals surface area (Å²) in [5.41, 5.74) is 0.946. The molecule has 0 bridgehead atoms. The first-order valence-electron chi connectivity index (χ1n) is 9.76. The fraction of sp³-hybridized carbons (Fsp3) is 0.273. The molecule has 3 aromatic heterocycles. The van der Waals surface area contributed by atoms with Crippen LogP contribution in [0.3, 0.4) is 0 Å². The Morgan fingerprint density at radius 1 is 1.07 bits per heavy atom. The highest BCUT2D eigenvalue weighted by Crippen LogP contribution is 2.38. The molecule has 0 unspecified atom stereocenters. The van der Waals surface area contributed by atoms with Crippen molar-refractivity contribution >= 4 is 5.88 Å². The molecule has 30 heavy (non-hydrogen) atoms. The van der Waals surface area contributed by atoms with Crippen molar-refractivity contribution in [2.75, 3.05) is 18.0 Å². The van der Waals surface area contributed by atoms with Crippen LogP contribution in [0.25, 0.3) is 23.0 Å². The van der Waals surface area contributed by atoms with Gasteiger partial charge in [0.25, 0.3) is 5.89 Å². The number of nitrogens with zero attached hydrogens (tertiary/aromatic N) is 5. The van der Waals surface area contributed by atoms with Gasteiger partial charge in [0.05, 0.1) is 11.7 Å². The summed E-state index contributed by atoms with van der Waals surface area (Å²) in [5, 5.41) is 13.7. The molecule has 8 heteroatoms. The maximum absolute atomic E-state index is 9.49. The van der Waals surface area contributed by atoms with Crippen LogP contribution in [0, 0.1) is 11.3 Å². The Morgan fingerprint density at radius 2 is 1.87 bits per heavy atom. The standard InChI is InChI=1S/C22H19N5O3/c1-22(21-25-18(26-30-21)15-6-3-2-4-7-15)9-11-27(12-10-22)20-16(14-23)24-19(29-20)17-8-5-13-28-17/h2-8,13H,9-12H2,1H3. The summed E-state index contributed by atoms with van der Waals surface area (Å²) in [6.07, 6.45) is 3.11. The van der Waals surface area contributed by atoms with Crippen LogP contribution in [0.4, 0.5) is 5.88 Å². The first kappa shape index (κ1) is 18.2. The summed E-state index contributed by atoms with van der Waals surface area (Å²) in [6, 6.07) is 15.4. The SMILES string of the molecule is CC1(c2nc(-c3ccccc3)no2)CCN(c2oc(-c3ccco3)nc2C#N)CC1. The van der Waals surface area contributed by atoms with Gasteiger partial charge in [0.15, 0.2) is 5.76 Å². The second-order valence-electron chi connectivity index (χ2n) is 7.60. The summed E-state index contributed by atoms with van der Waals surface area (Å²) < 4.78 is 16.8. The van der Waals surface area contributed by atoms with E-state index in [1.807, 2.05) is 35.2 Å². The molecule has 8 nitrogen and oxygen atoms in total. The minimum absolute atomic E-state index is 0.243. The second kappa shape index (κ2) is 7.19. The molecular formula is C22H19N5O3. The summed E-state index contributed by atoms with van der Waals surface area (Å²) in [5.74, 6) is 2.51. The number of furan rings is 1. The van der Waals surface area contributed by atoms with Crippen LogP contribution >= 0.6 is 0 Å². The molecule has 1 aliphatic rings. The van der Waals surface area contributed by atoms with Crippen molar-refractivity contribution in [3.63, 3.8) is 0 Å². The number of anilines is 1. The van der Waals surface area contributed by atoms with Gasteiger partial charge >= 0.3 is 0 Å². The summed E-state index contributed by atoms with van der Waals surface area (Å²) in [6.45, 7) is 3.49. The van der Waals surface area contributed by atoms with Crippen LogP contribution in [0.2, 0.25) is 0 Å². The largest absolute Gasteiger partial charge is 0.459 e. The number of oxazole rings is 1. The van der Waals surface area contributed by atoms with Gasteiger partial charge in [0.2, 0.25) is 23.3 Å². The summed E-state index contributed by atoms with van der Waals surface area (Å²) in [7, 11) is 0. The molecule has 0 saturated carbocycles. The van der Waals surface area contributed by atoms with Crippen molar-refractivity contribution in [3.8, 4) is 29.1 Å². The van der Waals surface area contributed by atoms with Crippen LogP contribution in [-0.2, 0) is 5.41 Å². The summed E-state index contributed by atoms with van der Waals surface area (Å²) in [4.78, 5) is 11.0. The highest BCUT2D eigenvalue weighted by Gasteiger charge is 2.38. The number of nitriles is 1. The van der Waals surface area contributed by atoms with Crippen molar-refractivity contribution in [1.29, 1.82) is 5.26 Å². The molecule has 1 aliphatic heterocycles. The van der Waals surface area contributed by atoms with Gasteiger partial charge in [-0.3, -0.25) is 0 Å². The van der Waals surface area contributed by atoms with Crippen molar-refractivity contribution in [1.82, 2.24) is 15.1 Å². The fourth-order valence-corrected chi connectivity index (χ4v) is 3.70. The van der Waals surface area contributed by atoms with Crippen molar-refractivity contribution in [2.45, 2.75) is 25.2 Å². The minimum Gasteiger partial charge on any atom is -0.459 e. The normalized spacial score (nSPS) is 15.8. The molecule has 0 spiro atoms. The van der Waals surface area contributed by atoms with E-state index >= 15 is 0 Å². The van der Waals surface area contributed by atoms with E-state index in [1.54, 1.807) is 18.4 Å². The molecule has 0 amide bonds. The molecule has 4 aromatic rings. The maximum atomic E-state index is 9.49. The molecule has 0 radical (unpaired) electrons. The first-order chi connectivity index (χ1) is 14.7. The van der Waals surface area contributed by atoms with E-state index in [0.29, 0.717) is 42.3 Å². The predicted molar refractivity (Wildman–Crippen MR) is 107 cm³/mol. The van der Waals surface area contributed by atoms with E-state index in [4.69, 9.17) is 13.4 Å². The Hall–Kier alpha value is -3.86. The molecule has 4 heterocycles. The van der Waals surface area contributed by atoms with E-state index in [9.17, 15) is 5.26 Å². The van der Waals surface area contributed by atoms with Gasteiger partial charge in [-0.1, -0.05) is 42.4 Å². The third-order valence-electron chi connectivity index (χ3n) is 5.58. The highest BCUT2D eigenvalue weighted by molar-refractivity contribution is 5.56. The lowest BCUT2D eigenvalue weighted by Gasteiger charge is -2.36. The predicted octanol–water partition coefficient (Wildman–Crippen LogP) is 4.41. The van der Waals surface area contributed by atoms with Crippen molar-refractivity contribution in [3.05, 3.63) is 60.3 Å². The molecular weight excluding hydrogens is 382 g/mol. The molecule has 0 N–H and O–H groups in total. The number of hydrogen-bond acceptors (Lipinski definition) is 8. The lowest BCUT2D eigenvalue weighted by molar-refractivity contribution is 0.250. The van der Waals surface area contributed by atoms with Crippen LogP contribution in [0.1, 0.15) is 31.4 Å².